The first-order chi connectivity index (χ1) is 6.72. The average molecular weight is 273 g/mol. The van der Waals surface area contributed by atoms with E-state index in [1.807, 2.05) is 13.8 Å². The number of oxazole rings is 1. The highest BCUT2D eigenvalue weighted by molar-refractivity contribution is 9.08. The second-order valence-corrected chi connectivity index (χ2v) is 4.67. The van der Waals surface area contributed by atoms with Crippen LogP contribution in [0.4, 0.5) is 0 Å². The summed E-state index contributed by atoms with van der Waals surface area (Å²) in [7, 11) is 0. The topological polar surface area (TPSA) is 38.9 Å². The van der Waals surface area contributed by atoms with Crippen LogP contribution >= 0.6 is 27.3 Å². The van der Waals surface area contributed by atoms with Crippen LogP contribution in [0.1, 0.15) is 16.4 Å². The predicted octanol–water partition coefficient (Wildman–Crippen LogP) is 3.31. The van der Waals surface area contributed by atoms with Crippen molar-refractivity contribution in [3.8, 4) is 10.6 Å². The van der Waals surface area contributed by atoms with Gasteiger partial charge in [-0.25, -0.2) is 9.97 Å². The molecule has 2 rings (SSSR count). The summed E-state index contributed by atoms with van der Waals surface area (Å²) in [5.41, 5.74) is 1.93. The second-order valence-electron chi connectivity index (χ2n) is 2.91. The standard InChI is InChI=1S/C9H9BrN2OS/c1-5-9(14-6(2)12-5)8-7(3-10)11-4-13-8/h4H,3H2,1-2H3. The van der Waals surface area contributed by atoms with Crippen molar-refractivity contribution in [2.24, 2.45) is 0 Å². The van der Waals surface area contributed by atoms with E-state index >= 15 is 0 Å². The molecule has 14 heavy (non-hydrogen) atoms. The van der Waals surface area contributed by atoms with Crippen LogP contribution in [0.3, 0.4) is 0 Å². The van der Waals surface area contributed by atoms with E-state index in [-0.39, 0.29) is 0 Å². The number of aryl methyl sites for hydroxylation is 2. The van der Waals surface area contributed by atoms with Gasteiger partial charge in [-0.3, -0.25) is 0 Å². The van der Waals surface area contributed by atoms with Crippen LogP contribution in [-0.4, -0.2) is 9.97 Å². The largest absolute Gasteiger partial charge is 0.442 e. The Morgan fingerprint density at radius 2 is 2.29 bits per heavy atom. The van der Waals surface area contributed by atoms with Gasteiger partial charge in [0, 0.05) is 5.33 Å². The lowest BCUT2D eigenvalue weighted by Gasteiger charge is -1.94. The molecule has 0 spiro atoms. The quantitative estimate of drug-likeness (QED) is 0.788. The van der Waals surface area contributed by atoms with Gasteiger partial charge in [0.25, 0.3) is 0 Å². The zero-order valence-electron chi connectivity index (χ0n) is 7.87. The number of nitrogens with zero attached hydrogens (tertiary/aromatic N) is 2. The molecule has 0 amide bonds. The molecule has 0 atom stereocenters. The molecule has 5 heteroatoms. The smallest absolute Gasteiger partial charge is 0.181 e. The summed E-state index contributed by atoms with van der Waals surface area (Å²) in [4.78, 5) is 9.56. The molecule has 0 N–H and O–H groups in total. The molecule has 0 radical (unpaired) electrons. The zero-order chi connectivity index (χ0) is 10.1. The number of thiazole rings is 1. The molecular weight excluding hydrogens is 264 g/mol. The monoisotopic (exact) mass is 272 g/mol. The van der Waals surface area contributed by atoms with Crippen LogP contribution in [0.25, 0.3) is 10.6 Å². The average Bonchev–Trinajstić information content (AvgIpc) is 2.71. The second kappa shape index (κ2) is 3.82. The van der Waals surface area contributed by atoms with Gasteiger partial charge in [-0.15, -0.1) is 11.3 Å². The van der Waals surface area contributed by atoms with E-state index < -0.39 is 0 Å². The fraction of sp³-hybridized carbons (Fsp3) is 0.333. The maximum Gasteiger partial charge on any atom is 0.181 e. The van der Waals surface area contributed by atoms with Gasteiger partial charge in [0.2, 0.25) is 0 Å². The Balaban J connectivity index is 2.53. The van der Waals surface area contributed by atoms with Crippen LogP contribution in [0.15, 0.2) is 10.8 Å². The molecule has 0 saturated carbocycles. The highest BCUT2D eigenvalue weighted by Gasteiger charge is 2.15. The highest BCUT2D eigenvalue weighted by Crippen LogP contribution is 2.32. The molecule has 0 unspecified atom stereocenters. The molecular formula is C9H9BrN2OS. The van der Waals surface area contributed by atoms with Gasteiger partial charge in [-0.05, 0) is 13.8 Å². The van der Waals surface area contributed by atoms with E-state index in [0.29, 0.717) is 5.33 Å². The molecule has 74 valence electrons. The first kappa shape index (κ1) is 9.86. The van der Waals surface area contributed by atoms with Gasteiger partial charge in [-0.1, -0.05) is 15.9 Å². The summed E-state index contributed by atoms with van der Waals surface area (Å²) < 4.78 is 5.37. The van der Waals surface area contributed by atoms with Crippen molar-refractivity contribution in [2.75, 3.05) is 0 Å². The predicted molar refractivity (Wildman–Crippen MR) is 59.7 cm³/mol. The SMILES string of the molecule is Cc1nc(C)c(-c2ocnc2CBr)s1. The lowest BCUT2D eigenvalue weighted by atomic mass is 10.3. The van der Waals surface area contributed by atoms with Gasteiger partial charge in [0.15, 0.2) is 12.2 Å². The fourth-order valence-corrected chi connectivity index (χ4v) is 2.62. The Bertz CT molecular complexity index is 449. The summed E-state index contributed by atoms with van der Waals surface area (Å²) in [5.74, 6) is 0.838. The molecule has 2 heterocycles. The van der Waals surface area contributed by atoms with Crippen LogP contribution < -0.4 is 0 Å². The van der Waals surface area contributed by atoms with E-state index in [0.717, 1.165) is 27.0 Å². The van der Waals surface area contributed by atoms with Gasteiger partial charge in [0.05, 0.1) is 21.3 Å². The molecule has 0 saturated heterocycles. The van der Waals surface area contributed by atoms with E-state index in [2.05, 4.69) is 25.9 Å². The number of aromatic nitrogens is 2. The van der Waals surface area contributed by atoms with Crippen LogP contribution in [0, 0.1) is 13.8 Å². The summed E-state index contributed by atoms with van der Waals surface area (Å²) in [5, 5.41) is 1.75. The normalized spacial score (nSPS) is 10.8. The third-order valence-electron chi connectivity index (χ3n) is 1.88. The zero-order valence-corrected chi connectivity index (χ0v) is 10.3. The lowest BCUT2D eigenvalue weighted by molar-refractivity contribution is 0.572. The Morgan fingerprint density at radius 1 is 1.50 bits per heavy atom. The van der Waals surface area contributed by atoms with Crippen molar-refractivity contribution < 1.29 is 4.42 Å². The Kier molecular flexibility index (Phi) is 2.69. The molecule has 0 aliphatic rings. The van der Waals surface area contributed by atoms with E-state index in [1.165, 1.54) is 6.39 Å². The van der Waals surface area contributed by atoms with Crippen molar-refractivity contribution in [3.63, 3.8) is 0 Å². The van der Waals surface area contributed by atoms with Gasteiger partial charge < -0.3 is 4.42 Å². The fourth-order valence-electron chi connectivity index (χ4n) is 1.29. The minimum Gasteiger partial charge on any atom is -0.442 e. The Morgan fingerprint density at radius 3 is 2.86 bits per heavy atom. The van der Waals surface area contributed by atoms with Gasteiger partial charge in [-0.2, -0.15) is 0 Å². The van der Waals surface area contributed by atoms with Crippen LogP contribution in [0.2, 0.25) is 0 Å². The van der Waals surface area contributed by atoms with Gasteiger partial charge in [0.1, 0.15) is 0 Å². The van der Waals surface area contributed by atoms with Crippen LogP contribution in [0.5, 0.6) is 0 Å². The number of halogens is 1. The van der Waals surface area contributed by atoms with Crippen molar-refractivity contribution in [1.29, 1.82) is 0 Å². The third-order valence-corrected chi connectivity index (χ3v) is 3.48. The van der Waals surface area contributed by atoms with Crippen molar-refractivity contribution in [3.05, 3.63) is 22.8 Å². The Labute approximate surface area is 94.3 Å². The lowest BCUT2D eigenvalue weighted by Crippen LogP contribution is -1.82. The molecule has 0 fully saturated rings. The molecule has 0 aliphatic heterocycles. The van der Waals surface area contributed by atoms with Crippen molar-refractivity contribution in [1.82, 2.24) is 9.97 Å². The molecule has 2 aromatic rings. The van der Waals surface area contributed by atoms with Crippen LogP contribution in [-0.2, 0) is 5.33 Å². The highest BCUT2D eigenvalue weighted by atomic mass is 79.9. The molecule has 0 aliphatic carbocycles. The maximum atomic E-state index is 5.37. The molecule has 0 bridgehead atoms. The molecule has 2 aromatic heterocycles. The van der Waals surface area contributed by atoms with E-state index in [1.54, 1.807) is 11.3 Å². The van der Waals surface area contributed by atoms with E-state index in [4.69, 9.17) is 4.42 Å². The number of hydrogen-bond acceptors (Lipinski definition) is 4. The van der Waals surface area contributed by atoms with E-state index in [9.17, 15) is 0 Å². The summed E-state index contributed by atoms with van der Waals surface area (Å²) in [6, 6.07) is 0. The Hall–Kier alpha value is -0.680. The minimum atomic E-state index is 0.704. The summed E-state index contributed by atoms with van der Waals surface area (Å²) >= 11 is 5.01. The van der Waals surface area contributed by atoms with Crippen molar-refractivity contribution >= 4 is 27.3 Å². The number of hydrogen-bond donors (Lipinski definition) is 0. The molecule has 0 aromatic carbocycles. The summed E-state index contributed by atoms with van der Waals surface area (Å²) in [6.07, 6.45) is 1.47. The molecule has 3 nitrogen and oxygen atoms in total. The maximum absolute atomic E-state index is 5.37. The number of rotatable bonds is 2. The first-order valence-corrected chi connectivity index (χ1v) is 6.09. The van der Waals surface area contributed by atoms with Gasteiger partial charge >= 0.3 is 0 Å². The summed E-state index contributed by atoms with van der Waals surface area (Å²) in [6.45, 7) is 3.98. The van der Waals surface area contributed by atoms with Crippen molar-refractivity contribution in [2.45, 2.75) is 19.2 Å². The third kappa shape index (κ3) is 1.62. The minimum absolute atomic E-state index is 0.704. The number of alkyl halides is 1. The first-order valence-electron chi connectivity index (χ1n) is 4.15.